The Kier molecular flexibility index (Phi) is 1.85. The Bertz CT molecular complexity index is 400. The Hall–Kier alpha value is -1.64. The lowest BCUT2D eigenvalue weighted by Crippen LogP contribution is -1.86. The van der Waals surface area contributed by atoms with Gasteiger partial charge < -0.3 is 4.98 Å². The van der Waals surface area contributed by atoms with Crippen molar-refractivity contribution in [3.05, 3.63) is 40.9 Å². The third-order valence-electron chi connectivity index (χ3n) is 2.16. The Morgan fingerprint density at radius 3 is 2.85 bits per heavy atom. The summed E-state index contributed by atoms with van der Waals surface area (Å²) in [5, 5.41) is 4.09. The van der Waals surface area contributed by atoms with Gasteiger partial charge in [0.05, 0.1) is 0 Å². The standard InChI is InChI=1S/C10H10N2O/c1-7(12-13)10-6-8-4-2-3-5-9(8)11-10/h2-7,11H,1H3. The number of nitrogens with zero attached hydrogens (tertiary/aromatic N) is 1. The first-order valence-corrected chi connectivity index (χ1v) is 4.21. The highest BCUT2D eigenvalue weighted by Crippen LogP contribution is 2.21. The summed E-state index contributed by atoms with van der Waals surface area (Å²) in [5.74, 6) is 0. The highest BCUT2D eigenvalue weighted by Gasteiger charge is 2.07. The van der Waals surface area contributed by atoms with Crippen molar-refractivity contribution in [1.82, 2.24) is 4.98 Å². The zero-order valence-corrected chi connectivity index (χ0v) is 7.32. The van der Waals surface area contributed by atoms with Crippen molar-refractivity contribution in [2.75, 3.05) is 0 Å². The average molecular weight is 174 g/mol. The van der Waals surface area contributed by atoms with E-state index in [0.717, 1.165) is 16.6 Å². The van der Waals surface area contributed by atoms with E-state index in [-0.39, 0.29) is 6.04 Å². The molecule has 0 fully saturated rings. The molecule has 0 saturated carbocycles. The molecule has 1 unspecified atom stereocenters. The lowest BCUT2D eigenvalue weighted by molar-refractivity contribution is 0.786. The molecule has 3 heteroatoms. The first kappa shape index (κ1) is 7.98. The molecule has 1 aromatic heterocycles. The Morgan fingerprint density at radius 2 is 2.15 bits per heavy atom. The molecule has 2 aromatic rings. The molecule has 0 saturated heterocycles. The first-order chi connectivity index (χ1) is 6.31. The summed E-state index contributed by atoms with van der Waals surface area (Å²) in [5.41, 5.74) is 1.92. The number of aromatic nitrogens is 1. The fourth-order valence-corrected chi connectivity index (χ4v) is 1.38. The minimum absolute atomic E-state index is 0.299. The summed E-state index contributed by atoms with van der Waals surface area (Å²) in [6.45, 7) is 1.78. The van der Waals surface area contributed by atoms with Gasteiger partial charge in [0.2, 0.25) is 0 Å². The number of hydrogen-bond acceptors (Lipinski definition) is 2. The van der Waals surface area contributed by atoms with Crippen LogP contribution in [-0.2, 0) is 0 Å². The van der Waals surface area contributed by atoms with Crippen LogP contribution in [0.3, 0.4) is 0 Å². The van der Waals surface area contributed by atoms with Crippen LogP contribution >= 0.6 is 0 Å². The van der Waals surface area contributed by atoms with Gasteiger partial charge in [0.25, 0.3) is 0 Å². The quantitative estimate of drug-likeness (QED) is 0.699. The van der Waals surface area contributed by atoms with E-state index in [0.29, 0.717) is 0 Å². The third kappa shape index (κ3) is 1.33. The van der Waals surface area contributed by atoms with Gasteiger partial charge in [-0.25, -0.2) is 0 Å². The topological polar surface area (TPSA) is 45.2 Å². The lowest BCUT2D eigenvalue weighted by atomic mass is 10.2. The predicted octanol–water partition coefficient (Wildman–Crippen LogP) is 3.00. The van der Waals surface area contributed by atoms with E-state index >= 15 is 0 Å². The largest absolute Gasteiger partial charge is 0.357 e. The number of hydrogen-bond donors (Lipinski definition) is 1. The number of para-hydroxylation sites is 1. The second-order valence-corrected chi connectivity index (χ2v) is 3.09. The highest BCUT2D eigenvalue weighted by atomic mass is 16.3. The van der Waals surface area contributed by atoms with Gasteiger partial charge in [-0.3, -0.25) is 0 Å². The van der Waals surface area contributed by atoms with Crippen molar-refractivity contribution < 1.29 is 0 Å². The number of benzene rings is 1. The monoisotopic (exact) mass is 174 g/mol. The maximum atomic E-state index is 10.3. The van der Waals surface area contributed by atoms with Crippen LogP contribution in [0.25, 0.3) is 10.9 Å². The van der Waals surface area contributed by atoms with Gasteiger partial charge in [-0.15, -0.1) is 0 Å². The maximum absolute atomic E-state index is 10.3. The van der Waals surface area contributed by atoms with E-state index in [1.165, 1.54) is 0 Å². The molecule has 13 heavy (non-hydrogen) atoms. The summed E-state index contributed by atoms with van der Waals surface area (Å²) in [6, 6.07) is 9.58. The second-order valence-electron chi connectivity index (χ2n) is 3.09. The van der Waals surface area contributed by atoms with Crippen LogP contribution < -0.4 is 0 Å². The molecule has 0 aliphatic carbocycles. The van der Waals surface area contributed by atoms with Gasteiger partial charge in [-0.05, 0) is 24.4 Å². The normalized spacial score (nSPS) is 13.0. The number of aromatic amines is 1. The SMILES string of the molecule is CC(N=O)c1cc2ccccc2[nH]1. The summed E-state index contributed by atoms with van der Waals surface area (Å²) in [4.78, 5) is 13.5. The van der Waals surface area contributed by atoms with Crippen LogP contribution in [0, 0.1) is 4.91 Å². The Balaban J connectivity index is 2.55. The van der Waals surface area contributed by atoms with Gasteiger partial charge >= 0.3 is 0 Å². The molecular formula is C10H10N2O. The summed E-state index contributed by atoms with van der Waals surface area (Å²) < 4.78 is 0. The van der Waals surface area contributed by atoms with Crippen molar-refractivity contribution in [1.29, 1.82) is 0 Å². The van der Waals surface area contributed by atoms with Gasteiger partial charge in [0.1, 0.15) is 6.04 Å². The minimum atomic E-state index is -0.299. The van der Waals surface area contributed by atoms with Crippen molar-refractivity contribution >= 4 is 10.9 Å². The van der Waals surface area contributed by atoms with Crippen molar-refractivity contribution in [3.8, 4) is 0 Å². The number of rotatable bonds is 2. The highest BCUT2D eigenvalue weighted by molar-refractivity contribution is 5.80. The van der Waals surface area contributed by atoms with E-state index in [2.05, 4.69) is 10.2 Å². The molecule has 2 rings (SSSR count). The van der Waals surface area contributed by atoms with Crippen LogP contribution in [0.2, 0.25) is 0 Å². The molecule has 0 radical (unpaired) electrons. The summed E-state index contributed by atoms with van der Waals surface area (Å²) in [7, 11) is 0. The zero-order valence-electron chi connectivity index (χ0n) is 7.32. The van der Waals surface area contributed by atoms with Crippen LogP contribution in [0.4, 0.5) is 0 Å². The summed E-state index contributed by atoms with van der Waals surface area (Å²) in [6.07, 6.45) is 0. The van der Waals surface area contributed by atoms with Gasteiger partial charge in [0, 0.05) is 11.2 Å². The molecule has 0 aliphatic heterocycles. The van der Waals surface area contributed by atoms with Gasteiger partial charge in [-0.2, -0.15) is 4.91 Å². The van der Waals surface area contributed by atoms with E-state index in [1.54, 1.807) is 6.92 Å². The zero-order chi connectivity index (χ0) is 9.26. The van der Waals surface area contributed by atoms with Crippen molar-refractivity contribution in [2.24, 2.45) is 5.18 Å². The third-order valence-corrected chi connectivity index (χ3v) is 2.16. The Morgan fingerprint density at radius 1 is 1.38 bits per heavy atom. The molecule has 1 atom stereocenters. The number of nitrogens with one attached hydrogen (secondary N) is 1. The van der Waals surface area contributed by atoms with Gasteiger partial charge in [0.15, 0.2) is 0 Å². The fraction of sp³-hybridized carbons (Fsp3) is 0.200. The molecule has 1 aromatic carbocycles. The molecular weight excluding hydrogens is 164 g/mol. The Labute approximate surface area is 75.7 Å². The smallest absolute Gasteiger partial charge is 0.129 e. The maximum Gasteiger partial charge on any atom is 0.129 e. The van der Waals surface area contributed by atoms with Gasteiger partial charge in [-0.1, -0.05) is 23.4 Å². The molecule has 1 N–H and O–H groups in total. The van der Waals surface area contributed by atoms with E-state index in [4.69, 9.17) is 0 Å². The molecule has 0 aliphatic rings. The molecule has 0 spiro atoms. The molecule has 0 amide bonds. The van der Waals surface area contributed by atoms with Crippen LogP contribution in [0.5, 0.6) is 0 Å². The molecule has 1 heterocycles. The lowest BCUT2D eigenvalue weighted by Gasteiger charge is -1.95. The van der Waals surface area contributed by atoms with E-state index in [1.807, 2.05) is 30.3 Å². The van der Waals surface area contributed by atoms with Crippen LogP contribution in [-0.4, -0.2) is 4.98 Å². The predicted molar refractivity (Wildman–Crippen MR) is 52.5 cm³/mol. The van der Waals surface area contributed by atoms with Crippen LogP contribution in [0.15, 0.2) is 35.5 Å². The molecule has 0 bridgehead atoms. The van der Waals surface area contributed by atoms with Crippen molar-refractivity contribution in [3.63, 3.8) is 0 Å². The number of nitroso groups, excluding NO2 is 1. The summed E-state index contributed by atoms with van der Waals surface area (Å²) >= 11 is 0. The number of H-pyrrole nitrogens is 1. The molecule has 66 valence electrons. The first-order valence-electron chi connectivity index (χ1n) is 4.21. The van der Waals surface area contributed by atoms with E-state index in [9.17, 15) is 4.91 Å². The number of fused-ring (bicyclic) bond motifs is 1. The van der Waals surface area contributed by atoms with Crippen LogP contribution in [0.1, 0.15) is 18.7 Å². The minimum Gasteiger partial charge on any atom is -0.357 e. The molecule has 3 nitrogen and oxygen atoms in total. The van der Waals surface area contributed by atoms with E-state index < -0.39 is 0 Å². The average Bonchev–Trinajstić information content (AvgIpc) is 2.59. The second kappa shape index (κ2) is 3.01. The fourth-order valence-electron chi connectivity index (χ4n) is 1.38. The van der Waals surface area contributed by atoms with Crippen molar-refractivity contribution in [2.45, 2.75) is 13.0 Å².